The lowest BCUT2D eigenvalue weighted by molar-refractivity contribution is -0.554. The predicted molar refractivity (Wildman–Crippen MR) is 83.9 cm³/mol. The summed E-state index contributed by atoms with van der Waals surface area (Å²) in [5.41, 5.74) is 8.74. The van der Waals surface area contributed by atoms with Crippen molar-refractivity contribution in [1.29, 1.82) is 0 Å². The summed E-state index contributed by atoms with van der Waals surface area (Å²) in [5.74, 6) is 0. The second-order valence-corrected chi connectivity index (χ2v) is 4.73. The van der Waals surface area contributed by atoms with Crippen LogP contribution in [-0.2, 0) is 0 Å². The molecule has 0 amide bonds. The smallest absolute Gasteiger partial charge is 0.137 e. The number of aromatic nitrogens is 1. The highest BCUT2D eigenvalue weighted by Crippen LogP contribution is 2.18. The van der Waals surface area contributed by atoms with Crippen molar-refractivity contribution in [2.75, 3.05) is 5.43 Å². The molecule has 3 nitrogen and oxygen atoms in total. The van der Waals surface area contributed by atoms with Crippen molar-refractivity contribution in [3.8, 4) is 0 Å². The molecule has 3 N–H and O–H groups in total. The van der Waals surface area contributed by atoms with E-state index in [4.69, 9.17) is 0 Å². The molecule has 0 bridgehead atoms. The Kier molecular flexibility index (Phi) is 3.52. The fraction of sp³-hybridized carbons (Fsp3) is 0.0588. The van der Waals surface area contributed by atoms with E-state index >= 15 is 0 Å². The van der Waals surface area contributed by atoms with Crippen LogP contribution >= 0.6 is 0 Å². The van der Waals surface area contributed by atoms with Crippen molar-refractivity contribution in [2.24, 2.45) is 0 Å². The van der Waals surface area contributed by atoms with E-state index in [2.05, 4.69) is 59.6 Å². The molecule has 100 valence electrons. The summed E-state index contributed by atoms with van der Waals surface area (Å²) >= 11 is 0. The van der Waals surface area contributed by atoms with E-state index in [1.165, 1.54) is 16.6 Å². The standard InChI is InChI=1S/C17H17N3/c1-14(13-18-19-16-8-3-2-4-9-16)20-12-11-15-7-5-6-10-17(15)20/h2-13,18-19H,1H3/p+1/b14-13+. The summed E-state index contributed by atoms with van der Waals surface area (Å²) in [6.07, 6.45) is 4.19. The first-order chi connectivity index (χ1) is 9.84. The minimum absolute atomic E-state index is 1.09. The second-order valence-electron chi connectivity index (χ2n) is 4.73. The summed E-state index contributed by atoms with van der Waals surface area (Å²) in [6.45, 7) is 2.11. The Hall–Kier alpha value is -2.52. The number of quaternary nitrogens is 1. The molecule has 3 heteroatoms. The molecule has 0 aliphatic rings. The zero-order valence-electron chi connectivity index (χ0n) is 11.5. The van der Waals surface area contributed by atoms with Gasteiger partial charge in [0.1, 0.15) is 6.20 Å². The van der Waals surface area contributed by atoms with Crippen LogP contribution in [0.4, 0.5) is 5.69 Å². The molecule has 0 saturated carbocycles. The van der Waals surface area contributed by atoms with Gasteiger partial charge < -0.3 is 4.57 Å². The molecule has 1 aromatic heterocycles. The molecule has 3 aromatic rings. The van der Waals surface area contributed by atoms with E-state index in [1.54, 1.807) is 0 Å². The Morgan fingerprint density at radius 1 is 1.00 bits per heavy atom. The number of nitrogens with two attached hydrogens (primary N) is 1. The summed E-state index contributed by atoms with van der Waals surface area (Å²) in [6, 6.07) is 20.7. The van der Waals surface area contributed by atoms with Crippen LogP contribution < -0.4 is 10.9 Å². The Morgan fingerprint density at radius 3 is 2.60 bits per heavy atom. The molecule has 0 aliphatic heterocycles. The first kappa shape index (κ1) is 12.5. The normalized spacial score (nSPS) is 11.8. The number of nitrogen functional groups attached to an aromatic ring is 1. The van der Waals surface area contributed by atoms with Gasteiger partial charge in [0.25, 0.3) is 0 Å². The molecule has 0 atom stereocenters. The molecular weight excluding hydrogens is 246 g/mol. The lowest BCUT2D eigenvalue weighted by Crippen LogP contribution is -2.82. The number of allylic oxidation sites excluding steroid dienone is 1. The molecule has 0 radical (unpaired) electrons. The van der Waals surface area contributed by atoms with Crippen LogP contribution in [0.1, 0.15) is 6.92 Å². The third-order valence-corrected chi connectivity index (χ3v) is 3.33. The van der Waals surface area contributed by atoms with Crippen LogP contribution in [-0.4, -0.2) is 4.57 Å². The fourth-order valence-corrected chi connectivity index (χ4v) is 2.26. The lowest BCUT2D eigenvalue weighted by Gasteiger charge is -2.05. The van der Waals surface area contributed by atoms with Gasteiger partial charge in [-0.15, -0.1) is 0 Å². The quantitative estimate of drug-likeness (QED) is 0.551. The maximum absolute atomic E-state index is 3.27. The van der Waals surface area contributed by atoms with E-state index in [0.29, 0.717) is 0 Å². The minimum atomic E-state index is 1.09. The molecule has 20 heavy (non-hydrogen) atoms. The van der Waals surface area contributed by atoms with Crippen LogP contribution in [0.25, 0.3) is 16.6 Å². The van der Waals surface area contributed by atoms with Gasteiger partial charge in [-0.2, -0.15) is 0 Å². The number of rotatable bonds is 4. The van der Waals surface area contributed by atoms with Crippen LogP contribution in [0.2, 0.25) is 0 Å². The Bertz CT molecular complexity index is 726. The Balaban J connectivity index is 1.75. The number of benzene rings is 2. The first-order valence-corrected chi connectivity index (χ1v) is 6.73. The molecule has 0 aliphatic carbocycles. The van der Waals surface area contributed by atoms with Crippen molar-refractivity contribution < 1.29 is 5.43 Å². The van der Waals surface area contributed by atoms with Gasteiger partial charge in [0.05, 0.1) is 16.9 Å². The first-order valence-electron chi connectivity index (χ1n) is 6.73. The highest BCUT2D eigenvalue weighted by Gasteiger charge is 2.02. The maximum atomic E-state index is 3.27. The summed E-state index contributed by atoms with van der Waals surface area (Å²) in [4.78, 5) is 0. The molecule has 2 aromatic carbocycles. The molecule has 0 saturated heterocycles. The monoisotopic (exact) mass is 264 g/mol. The zero-order chi connectivity index (χ0) is 13.8. The summed E-state index contributed by atoms with van der Waals surface area (Å²) < 4.78 is 2.19. The average molecular weight is 264 g/mol. The summed E-state index contributed by atoms with van der Waals surface area (Å²) in [7, 11) is 0. The van der Waals surface area contributed by atoms with Crippen molar-refractivity contribution in [1.82, 2.24) is 4.57 Å². The maximum Gasteiger partial charge on any atom is 0.137 e. The number of nitrogens with one attached hydrogen (secondary N) is 1. The second kappa shape index (κ2) is 5.63. The molecule has 0 unspecified atom stereocenters. The predicted octanol–water partition coefficient (Wildman–Crippen LogP) is 3.05. The van der Waals surface area contributed by atoms with Gasteiger partial charge in [-0.1, -0.05) is 36.4 Å². The van der Waals surface area contributed by atoms with Crippen LogP contribution in [0.3, 0.4) is 0 Å². The van der Waals surface area contributed by atoms with Gasteiger partial charge in [0.15, 0.2) is 0 Å². The van der Waals surface area contributed by atoms with Gasteiger partial charge in [-0.3, -0.25) is 0 Å². The molecule has 0 fully saturated rings. The largest absolute Gasteiger partial charge is 0.315 e. The lowest BCUT2D eigenvalue weighted by atomic mass is 10.2. The van der Waals surface area contributed by atoms with E-state index in [-0.39, 0.29) is 0 Å². The third kappa shape index (κ3) is 2.58. The van der Waals surface area contributed by atoms with Crippen molar-refractivity contribution in [2.45, 2.75) is 6.92 Å². The molecular formula is C17H18N3+. The van der Waals surface area contributed by atoms with Gasteiger partial charge in [0, 0.05) is 6.20 Å². The highest BCUT2D eigenvalue weighted by atomic mass is 15.3. The SMILES string of the molecule is C/C(=C\[NH2+]Nc1ccccc1)n1ccc2ccccc21. The number of hydrogen-bond acceptors (Lipinski definition) is 1. The molecule has 1 heterocycles. The van der Waals surface area contributed by atoms with E-state index < -0.39 is 0 Å². The fourth-order valence-electron chi connectivity index (χ4n) is 2.26. The topological polar surface area (TPSA) is 33.6 Å². The van der Waals surface area contributed by atoms with Crippen molar-refractivity contribution in [3.63, 3.8) is 0 Å². The Labute approximate surface area is 118 Å². The van der Waals surface area contributed by atoms with E-state index in [1.807, 2.05) is 35.8 Å². The number of para-hydroxylation sites is 2. The number of fused-ring (bicyclic) bond motifs is 1. The average Bonchev–Trinajstić information content (AvgIpc) is 2.92. The highest BCUT2D eigenvalue weighted by molar-refractivity contribution is 5.83. The van der Waals surface area contributed by atoms with Crippen LogP contribution in [0.15, 0.2) is 73.1 Å². The van der Waals surface area contributed by atoms with E-state index in [0.717, 1.165) is 5.69 Å². The van der Waals surface area contributed by atoms with Crippen molar-refractivity contribution >= 4 is 22.3 Å². The third-order valence-electron chi connectivity index (χ3n) is 3.33. The molecule has 0 spiro atoms. The summed E-state index contributed by atoms with van der Waals surface area (Å²) in [5, 5.41) is 1.26. The van der Waals surface area contributed by atoms with Crippen LogP contribution in [0.5, 0.6) is 0 Å². The van der Waals surface area contributed by atoms with E-state index in [9.17, 15) is 0 Å². The van der Waals surface area contributed by atoms with Gasteiger partial charge in [-0.05, 0) is 36.6 Å². The van der Waals surface area contributed by atoms with Gasteiger partial charge in [-0.25, -0.2) is 10.9 Å². The van der Waals surface area contributed by atoms with Crippen molar-refractivity contribution in [3.05, 3.63) is 73.1 Å². The zero-order valence-corrected chi connectivity index (χ0v) is 11.5. The van der Waals surface area contributed by atoms with Gasteiger partial charge >= 0.3 is 0 Å². The molecule has 3 rings (SSSR count). The Morgan fingerprint density at radius 2 is 1.75 bits per heavy atom. The number of nitrogens with zero attached hydrogens (tertiary/aromatic N) is 1. The number of hydrogen-bond donors (Lipinski definition) is 2. The number of anilines is 1. The van der Waals surface area contributed by atoms with Gasteiger partial charge in [0.2, 0.25) is 0 Å². The van der Waals surface area contributed by atoms with Crippen LogP contribution in [0, 0.1) is 0 Å². The minimum Gasteiger partial charge on any atom is -0.315 e.